The van der Waals surface area contributed by atoms with Crippen LogP contribution in [0.4, 0.5) is 8.78 Å². The topological polar surface area (TPSA) is 188 Å². The van der Waals surface area contributed by atoms with E-state index in [1.807, 2.05) is 84.2 Å². The summed E-state index contributed by atoms with van der Waals surface area (Å²) in [6.45, 7) is 11.3. The van der Waals surface area contributed by atoms with Crippen molar-refractivity contribution in [1.82, 2.24) is 50.1 Å². The number of carbonyl (C=O) groups excluding carboxylic acids is 4. The van der Waals surface area contributed by atoms with E-state index in [4.69, 9.17) is 9.72 Å². The minimum atomic E-state index is -0.945. The predicted molar refractivity (Wildman–Crippen MR) is 277 cm³/mol. The lowest BCUT2D eigenvalue weighted by atomic mass is 9.85. The molecule has 3 aliphatic heterocycles. The van der Waals surface area contributed by atoms with Gasteiger partial charge in [-0.25, -0.2) is 18.7 Å². The molecule has 0 saturated carbocycles. The van der Waals surface area contributed by atoms with E-state index in [9.17, 15) is 24.3 Å². The highest BCUT2D eigenvalue weighted by atomic mass is 32.1. The second-order valence-corrected chi connectivity index (χ2v) is 21.6. The number of ether oxygens (including phenoxy) is 1. The van der Waals surface area contributed by atoms with Crippen LogP contribution in [0.25, 0.3) is 43.9 Å². The fourth-order valence-electron chi connectivity index (χ4n) is 10.1. The molecule has 3 saturated heterocycles. The van der Waals surface area contributed by atoms with Crippen molar-refractivity contribution in [3.05, 3.63) is 107 Å². The average molecular weight is 1030 g/mol. The molecular formula is C55H64F2N10O6S. The van der Waals surface area contributed by atoms with Gasteiger partial charge in [0.15, 0.2) is 0 Å². The van der Waals surface area contributed by atoms with E-state index < -0.39 is 41.1 Å². The third kappa shape index (κ3) is 12.2. The number of para-hydroxylation sites is 1. The van der Waals surface area contributed by atoms with Crippen molar-refractivity contribution in [1.29, 1.82) is 0 Å². The van der Waals surface area contributed by atoms with E-state index >= 15 is 8.78 Å². The fourth-order valence-corrected chi connectivity index (χ4v) is 10.9. The number of carbonyl (C=O) groups is 4. The molecule has 16 nitrogen and oxygen atoms in total. The van der Waals surface area contributed by atoms with Crippen molar-refractivity contribution < 1.29 is 37.8 Å². The SMILES string of the molecule is Cc1ncsc1-c1ccc(CNC(=O)[C@@H]2C[C@@H](O)CN2C(=O)[C@@H](NC(=O)CCCCC(=O)N2CCC(n3cc(-c4cnc5cccc(-c6cc(F)c(CN7CCOCC7)c(F)c6)c5n4)cn3)CC2)C(C)(C)C)cc1. The van der Waals surface area contributed by atoms with Crippen LogP contribution in [0.2, 0.25) is 0 Å². The van der Waals surface area contributed by atoms with E-state index in [0.717, 1.165) is 27.3 Å². The third-order valence-corrected chi connectivity index (χ3v) is 15.3. The lowest BCUT2D eigenvalue weighted by Crippen LogP contribution is -2.57. The van der Waals surface area contributed by atoms with Gasteiger partial charge in [0, 0.05) is 88.0 Å². The number of likely N-dealkylation sites (tertiary alicyclic amines) is 2. The molecule has 3 aliphatic rings. The Morgan fingerprint density at radius 1 is 0.905 bits per heavy atom. The highest BCUT2D eigenvalue weighted by Crippen LogP contribution is 2.33. The monoisotopic (exact) mass is 1030 g/mol. The number of piperidine rings is 1. The number of benzene rings is 3. The molecule has 0 bridgehead atoms. The third-order valence-electron chi connectivity index (χ3n) is 14.4. The summed E-state index contributed by atoms with van der Waals surface area (Å²) < 4.78 is 38.2. The number of unbranched alkanes of at least 4 members (excludes halogenated alkanes) is 1. The van der Waals surface area contributed by atoms with Gasteiger partial charge in [-0.2, -0.15) is 5.10 Å². The minimum Gasteiger partial charge on any atom is -0.391 e. The van der Waals surface area contributed by atoms with E-state index in [0.29, 0.717) is 92.9 Å². The predicted octanol–water partition coefficient (Wildman–Crippen LogP) is 7.24. The number of halogens is 2. The summed E-state index contributed by atoms with van der Waals surface area (Å²) in [5.41, 5.74) is 7.39. The van der Waals surface area contributed by atoms with Gasteiger partial charge in [-0.15, -0.1) is 11.3 Å². The number of amides is 4. The van der Waals surface area contributed by atoms with Crippen LogP contribution in [0.3, 0.4) is 0 Å². The highest BCUT2D eigenvalue weighted by Gasteiger charge is 2.44. The Morgan fingerprint density at radius 3 is 2.34 bits per heavy atom. The number of nitrogens with one attached hydrogen (secondary N) is 2. The summed E-state index contributed by atoms with van der Waals surface area (Å²) in [4.78, 5) is 74.5. The van der Waals surface area contributed by atoms with Crippen LogP contribution in [-0.2, 0) is 37.0 Å². The van der Waals surface area contributed by atoms with Gasteiger partial charge in [0.05, 0.1) is 70.6 Å². The van der Waals surface area contributed by atoms with Gasteiger partial charge in [0.1, 0.15) is 23.7 Å². The van der Waals surface area contributed by atoms with Crippen molar-refractivity contribution in [3.8, 4) is 32.8 Å². The largest absolute Gasteiger partial charge is 0.391 e. The summed E-state index contributed by atoms with van der Waals surface area (Å²) in [6, 6.07) is 14.2. The van der Waals surface area contributed by atoms with Crippen LogP contribution in [0.1, 0.15) is 88.6 Å². The smallest absolute Gasteiger partial charge is 0.246 e. The molecule has 9 rings (SSSR count). The van der Waals surface area contributed by atoms with Crippen molar-refractivity contribution in [2.45, 2.75) is 110 Å². The van der Waals surface area contributed by atoms with Gasteiger partial charge in [-0.3, -0.25) is 33.7 Å². The zero-order chi connectivity index (χ0) is 52.1. The number of aromatic nitrogens is 5. The van der Waals surface area contributed by atoms with Crippen LogP contribution in [0, 0.1) is 24.0 Å². The molecule has 3 aromatic carbocycles. The number of aliphatic hydroxyl groups excluding tert-OH is 1. The number of aryl methyl sites for hydroxylation is 1. The van der Waals surface area contributed by atoms with Crippen LogP contribution in [-0.4, -0.2) is 132 Å². The zero-order valence-electron chi connectivity index (χ0n) is 42.4. The Kier molecular flexibility index (Phi) is 16.2. The molecule has 6 heterocycles. The number of hydrogen-bond acceptors (Lipinski definition) is 12. The summed E-state index contributed by atoms with van der Waals surface area (Å²) in [6.07, 6.45) is 7.26. The first-order valence-corrected chi connectivity index (χ1v) is 26.4. The van der Waals surface area contributed by atoms with Crippen LogP contribution in [0.15, 0.2) is 78.7 Å². The molecule has 19 heteroatoms. The fraction of sp³-hybridized carbons (Fsp3) is 0.455. The normalized spacial score (nSPS) is 18.2. The number of aliphatic hydroxyl groups is 1. The zero-order valence-corrected chi connectivity index (χ0v) is 43.2. The summed E-state index contributed by atoms with van der Waals surface area (Å²) in [5, 5.41) is 21.1. The lowest BCUT2D eigenvalue weighted by molar-refractivity contribution is -0.144. The first-order chi connectivity index (χ1) is 35.6. The molecule has 0 aliphatic carbocycles. The second kappa shape index (κ2) is 22.9. The molecule has 3 aromatic heterocycles. The van der Waals surface area contributed by atoms with E-state index in [2.05, 4.69) is 25.7 Å². The van der Waals surface area contributed by atoms with Crippen molar-refractivity contribution in [3.63, 3.8) is 0 Å². The summed E-state index contributed by atoms with van der Waals surface area (Å²) in [7, 11) is 0. The quantitative estimate of drug-likeness (QED) is 0.0830. The average Bonchev–Trinajstić information content (AvgIpc) is 4.17. The van der Waals surface area contributed by atoms with Crippen molar-refractivity contribution in [2.24, 2.45) is 5.41 Å². The minimum absolute atomic E-state index is 0.0152. The molecule has 3 atom stereocenters. The molecule has 6 aromatic rings. The molecule has 3 fully saturated rings. The molecule has 0 radical (unpaired) electrons. The van der Waals surface area contributed by atoms with Crippen LogP contribution >= 0.6 is 11.3 Å². The number of morpholine rings is 1. The standard InChI is InChI=1S/C55H64F2N10O6S/c1-34-51(74-33-60-34)36-14-12-35(13-15-36)27-59-53(71)47-26-40(68)31-66(47)54(72)52(55(2,3)4)63-48(69)10-5-6-11-49(70)65-18-16-39(17-19-65)67-30-38(28-61-67)46-29-58-45-9-7-8-41(50(45)62-46)37-24-43(56)42(44(57)25-37)32-64-20-22-73-23-21-64/h7-9,12-15,24-25,28-30,33,39-40,47,52,68H,5-6,10-11,16-23,26-27,31-32H2,1-4H3,(H,59,71)(H,63,69)/t40-,47+,52-/m1/s1. The first-order valence-electron chi connectivity index (χ1n) is 25.5. The van der Waals surface area contributed by atoms with Gasteiger partial charge in [0.2, 0.25) is 23.6 Å². The second-order valence-electron chi connectivity index (χ2n) is 20.7. The molecule has 4 amide bonds. The Hall–Kier alpha value is -6.54. The molecule has 74 heavy (non-hydrogen) atoms. The molecule has 0 unspecified atom stereocenters. The Balaban J connectivity index is 0.732. The van der Waals surface area contributed by atoms with Crippen LogP contribution < -0.4 is 10.6 Å². The Bertz CT molecular complexity index is 2960. The number of hydrogen-bond donors (Lipinski definition) is 3. The number of β-amino-alcohol motifs (C(OH)–C–C–N with tert-alkyl or cyclic N) is 1. The Labute approximate surface area is 433 Å². The maximum Gasteiger partial charge on any atom is 0.246 e. The molecule has 0 spiro atoms. The number of nitrogens with zero attached hydrogens (tertiary/aromatic N) is 8. The van der Waals surface area contributed by atoms with E-state index in [-0.39, 0.29) is 68.2 Å². The van der Waals surface area contributed by atoms with Crippen molar-refractivity contribution >= 4 is 46.0 Å². The lowest BCUT2D eigenvalue weighted by Gasteiger charge is -2.35. The maximum atomic E-state index is 15.5. The first kappa shape index (κ1) is 52.3. The number of rotatable bonds is 16. The van der Waals surface area contributed by atoms with Gasteiger partial charge in [-0.1, -0.05) is 57.2 Å². The Morgan fingerprint density at radius 2 is 1.64 bits per heavy atom. The van der Waals surface area contributed by atoms with Crippen LogP contribution in [0.5, 0.6) is 0 Å². The van der Waals surface area contributed by atoms with E-state index in [1.165, 1.54) is 17.0 Å². The highest BCUT2D eigenvalue weighted by molar-refractivity contribution is 7.13. The summed E-state index contributed by atoms with van der Waals surface area (Å²) >= 11 is 1.57. The summed E-state index contributed by atoms with van der Waals surface area (Å²) in [5.74, 6) is -2.33. The molecule has 3 N–H and O–H groups in total. The molecular weight excluding hydrogens is 967 g/mol. The van der Waals surface area contributed by atoms with Crippen molar-refractivity contribution in [2.75, 3.05) is 45.9 Å². The maximum absolute atomic E-state index is 15.5. The van der Waals surface area contributed by atoms with Gasteiger partial charge in [0.25, 0.3) is 0 Å². The number of thiazole rings is 1. The molecule has 390 valence electrons. The van der Waals surface area contributed by atoms with Gasteiger partial charge >= 0.3 is 0 Å². The number of fused-ring (bicyclic) bond motifs is 1. The van der Waals surface area contributed by atoms with E-state index in [1.54, 1.807) is 35.9 Å². The van der Waals surface area contributed by atoms with Gasteiger partial charge in [-0.05, 0) is 72.9 Å². The van der Waals surface area contributed by atoms with Gasteiger partial charge < -0.3 is 30.3 Å².